The van der Waals surface area contributed by atoms with E-state index in [1.54, 1.807) is 96.9 Å². The number of nitrogens with one attached hydrogen (secondary N) is 9. The van der Waals surface area contributed by atoms with E-state index in [4.69, 9.17) is 74.3 Å². The van der Waals surface area contributed by atoms with Crippen molar-refractivity contribution in [3.8, 4) is 0 Å². The van der Waals surface area contributed by atoms with Crippen molar-refractivity contribution >= 4 is 111 Å². The number of ether oxygens (including phenoxy) is 9. The number of halogens is 4. The van der Waals surface area contributed by atoms with Crippen LogP contribution in [0.25, 0.3) is 0 Å². The molecule has 150 heavy (non-hydrogen) atoms. The van der Waals surface area contributed by atoms with Crippen LogP contribution in [0.3, 0.4) is 0 Å². The van der Waals surface area contributed by atoms with E-state index in [-0.39, 0.29) is 109 Å². The molecule has 4 fully saturated rings. The van der Waals surface area contributed by atoms with Crippen LogP contribution in [0.2, 0.25) is 0 Å². The van der Waals surface area contributed by atoms with Crippen LogP contribution in [-0.4, -0.2) is 306 Å². The van der Waals surface area contributed by atoms with Crippen LogP contribution in [0.5, 0.6) is 0 Å². The standard InChI is InChI=1S/3C22H35FN3O10PS.C20H32FN4O10P/c3*1-12(2)21(30)38-9-8-33-37(32,25-14(5)20(29)35-13(3)4)34-11-16-15(10-23)18(28)19(36-16)26-7-6-17(27)24-22(26)31;1-3-32-16(27)5-8-22-36(31,23-9-6-17(28)33-4-2)34-12-14-13(11-21)18(29)19(35-14)25-10-7-15(26)24-20(25)30/h3*6-7,12-16,18-19,28H,8-11H2,1-5H3,(H,25,32)(H,24,27,31);7,10,13-14,18-19,29H,3-6,8-9,11-12H2,1-2H3,(H2,22,23,31)(H,24,26,30)/t14-,15+,16+,18+,19+,37?;14-,15+,16+,18+,19+,37+;14-,15+,16+,18+,19+,37-;13-,14-,18-,19-/m0001/s1. The fraction of sp³-hybridized carbons (Fsp3) is 0.721. The van der Waals surface area contributed by atoms with Crippen LogP contribution < -0.4 is 70.4 Å². The van der Waals surface area contributed by atoms with Crippen LogP contribution in [0, 0.1) is 41.4 Å². The number of aromatic nitrogens is 8. The molecule has 4 aliphatic heterocycles. The number of H-pyrrole nitrogens is 4. The minimum Gasteiger partial charge on any atom is -0.466 e. The molecule has 64 heteroatoms. The zero-order valence-corrected chi connectivity index (χ0v) is 91.5. The van der Waals surface area contributed by atoms with E-state index < -0.39 is 293 Å². The Labute approximate surface area is 870 Å². The number of hydrogen-bond acceptors (Lipinski definition) is 43. The van der Waals surface area contributed by atoms with E-state index in [2.05, 4.69) is 25.4 Å². The van der Waals surface area contributed by atoms with Gasteiger partial charge in [0, 0.05) is 121 Å². The molecule has 53 nitrogen and oxygen atoms in total. The second-order valence-corrected chi connectivity index (χ2v) is 45.8. The molecule has 4 saturated heterocycles. The molecule has 0 bridgehead atoms. The summed E-state index contributed by atoms with van der Waals surface area (Å²) < 4.78 is 198. The number of aliphatic hydroxyl groups excluding tert-OH is 4. The van der Waals surface area contributed by atoms with Crippen molar-refractivity contribution in [3.05, 3.63) is 132 Å². The molecule has 1 unspecified atom stereocenters. The first-order valence-electron chi connectivity index (χ1n) is 47.5. The number of aliphatic hydroxyl groups is 4. The van der Waals surface area contributed by atoms with Gasteiger partial charge < -0.3 is 67.6 Å². The summed E-state index contributed by atoms with van der Waals surface area (Å²) in [4.78, 5) is 197. The van der Waals surface area contributed by atoms with Crippen LogP contribution >= 0.6 is 66.2 Å². The van der Waals surface area contributed by atoms with Crippen molar-refractivity contribution in [2.24, 2.45) is 41.4 Å². The van der Waals surface area contributed by atoms with Crippen molar-refractivity contribution in [2.75, 3.05) is 117 Å². The molecular formula is C86H137F4N13O40P4S3. The predicted octanol–water partition coefficient (Wildman–Crippen LogP) is 3.69. The Kier molecular flexibility index (Phi) is 56.9. The summed E-state index contributed by atoms with van der Waals surface area (Å²) >= 11 is 2.95. The van der Waals surface area contributed by atoms with Gasteiger partial charge in [-0.15, -0.1) is 0 Å². The number of carbonyl (C=O) groups excluding carboxylic acids is 8. The summed E-state index contributed by atoms with van der Waals surface area (Å²) in [6.07, 6.45) is -13.1. The Bertz CT molecular complexity index is 5290. The maximum absolute atomic E-state index is 13.8. The van der Waals surface area contributed by atoms with Crippen molar-refractivity contribution < 1.29 is 169 Å². The summed E-state index contributed by atoms with van der Waals surface area (Å²) in [6, 6.07) is 0.806. The van der Waals surface area contributed by atoms with Crippen LogP contribution in [0.4, 0.5) is 17.6 Å². The lowest BCUT2D eigenvalue weighted by Gasteiger charge is -2.25. The van der Waals surface area contributed by atoms with Gasteiger partial charge in [0.15, 0.2) is 40.3 Å². The molecule has 4 aromatic heterocycles. The van der Waals surface area contributed by atoms with E-state index in [9.17, 15) is 133 Å². The van der Waals surface area contributed by atoms with Gasteiger partial charge in [0.2, 0.25) is 0 Å². The zero-order chi connectivity index (χ0) is 113. The molecule has 0 spiro atoms. The number of rotatable bonds is 57. The van der Waals surface area contributed by atoms with Crippen molar-refractivity contribution in [3.63, 3.8) is 0 Å². The lowest BCUT2D eigenvalue weighted by atomic mass is 10.00. The number of alkyl halides is 4. The lowest BCUT2D eigenvalue weighted by Crippen LogP contribution is -2.37. The fourth-order valence-corrected chi connectivity index (χ4v) is 21.9. The number of esters is 5. The highest BCUT2D eigenvalue weighted by Crippen LogP contribution is 2.50. The molecule has 13 N–H and O–H groups in total. The molecule has 0 radical (unpaired) electrons. The Morgan fingerprint density at radius 1 is 0.373 bits per heavy atom. The molecule has 4 aromatic rings. The maximum atomic E-state index is 13.8. The van der Waals surface area contributed by atoms with Crippen LogP contribution in [0.1, 0.15) is 155 Å². The first-order valence-corrected chi connectivity index (χ1v) is 56.7. The third kappa shape index (κ3) is 42.9. The number of nitrogens with zero attached hydrogens (tertiary/aromatic N) is 4. The summed E-state index contributed by atoms with van der Waals surface area (Å²) in [7, 11) is -16.6. The second-order valence-electron chi connectivity index (χ2n) is 35.2. The van der Waals surface area contributed by atoms with E-state index >= 15 is 0 Å². The van der Waals surface area contributed by atoms with Crippen LogP contribution in [0.15, 0.2) is 87.4 Å². The van der Waals surface area contributed by atoms with E-state index in [0.29, 0.717) is 0 Å². The Morgan fingerprint density at radius 2 is 0.600 bits per heavy atom. The van der Waals surface area contributed by atoms with Crippen molar-refractivity contribution in [2.45, 2.75) is 241 Å². The summed E-state index contributed by atoms with van der Waals surface area (Å²) in [5, 5.41) is 54.6. The van der Waals surface area contributed by atoms with Gasteiger partial charge in [-0.05, 0) is 76.2 Å². The number of carbonyl (C=O) groups is 8. The molecule has 0 amide bonds. The third-order valence-corrected chi connectivity index (χ3v) is 31.5. The summed E-state index contributed by atoms with van der Waals surface area (Å²) in [5.41, 5.74) is -6.13. The molecule has 22 atom stereocenters. The smallest absolute Gasteiger partial charge is 0.406 e. The van der Waals surface area contributed by atoms with Gasteiger partial charge in [-0.25, -0.2) is 58.3 Å². The average molecular weight is 2290 g/mol. The van der Waals surface area contributed by atoms with Gasteiger partial charge in [-0.2, -0.15) is 0 Å². The quantitative estimate of drug-likeness (QED) is 0.00985. The van der Waals surface area contributed by atoms with Gasteiger partial charge in [0.25, 0.3) is 22.2 Å². The number of thioether (sulfide) groups is 3. The van der Waals surface area contributed by atoms with E-state index in [0.717, 1.165) is 103 Å². The fourth-order valence-electron chi connectivity index (χ4n) is 13.5. The van der Waals surface area contributed by atoms with Crippen molar-refractivity contribution in [1.29, 1.82) is 0 Å². The highest BCUT2D eigenvalue weighted by atomic mass is 32.2. The Morgan fingerprint density at radius 3 is 0.800 bits per heavy atom. The first-order chi connectivity index (χ1) is 70.5. The molecule has 4 aliphatic rings. The molecule has 0 aromatic carbocycles. The molecule has 0 aliphatic carbocycles. The number of aromatic amines is 4. The minimum atomic E-state index is -4.25. The number of hydrogen-bond donors (Lipinski definition) is 13. The van der Waals surface area contributed by atoms with Crippen LogP contribution in [-0.2, 0) is 131 Å². The predicted molar refractivity (Wildman–Crippen MR) is 532 cm³/mol. The highest BCUT2D eigenvalue weighted by Gasteiger charge is 2.52. The Balaban J connectivity index is 0.000000351. The van der Waals surface area contributed by atoms with E-state index in [1.807, 2.05) is 19.9 Å². The van der Waals surface area contributed by atoms with Gasteiger partial charge in [0.1, 0.15) is 42.5 Å². The molecule has 8 rings (SSSR count). The summed E-state index contributed by atoms with van der Waals surface area (Å²) in [6.45, 7) is 21.0. The molecule has 8 heterocycles. The largest absolute Gasteiger partial charge is 0.466 e. The third-order valence-electron chi connectivity index (χ3n) is 21.2. The zero-order valence-electron chi connectivity index (χ0n) is 85.5. The van der Waals surface area contributed by atoms with Gasteiger partial charge in [0.05, 0.1) is 142 Å². The monoisotopic (exact) mass is 2290 g/mol. The minimum absolute atomic E-state index is 0.0890. The SMILES string of the molecule is CC(C)OC(=O)[C@H](C)NP(=O)(OCCSC(=O)C(C)C)OC[C@H]1O[C@@H](n2ccc(=O)[nH]c2=O)[C@H](O)[C@@H]1CF.CC(C)OC(=O)[C@H](C)N[P@@](=O)(OCCSC(=O)C(C)C)OC[C@H]1O[C@@H](n2ccc(=O)[nH]c2=O)[C@H](O)[C@@H]1CF.CC(C)OC(=O)[C@H](C)N[P@](=O)(OCCSC(=O)C(C)C)OC[C@H]1O[C@@H](n2ccc(=O)[nH]c2=O)[C@H](O)[C@@H]1CF.CCOC(=O)CCNP(=O)(NCCC(=O)OCC)OC[C@H]1O[C@@H](n2ccc(=O)[nH]c2=O)[C@H](O)[C@@H]1CF. The lowest BCUT2D eigenvalue weighted by molar-refractivity contribution is -0.150. The molecular weight excluding hydrogens is 2150 g/mol. The summed E-state index contributed by atoms with van der Waals surface area (Å²) in [5.74, 6) is -8.04. The molecule has 852 valence electrons. The second kappa shape index (κ2) is 64.5. The van der Waals surface area contributed by atoms with Gasteiger partial charge >= 0.3 is 83.5 Å². The Hall–Kier alpha value is -8.03. The topological polar surface area (TPSA) is 713 Å². The van der Waals surface area contributed by atoms with Crippen molar-refractivity contribution in [1.82, 2.24) is 63.6 Å². The van der Waals surface area contributed by atoms with Gasteiger partial charge in [-0.1, -0.05) is 76.8 Å². The van der Waals surface area contributed by atoms with Gasteiger partial charge in [-0.3, -0.25) is 145 Å². The molecule has 0 saturated carbocycles. The average Bonchev–Trinajstić information content (AvgIpc) is 1.66. The first kappa shape index (κ1) is 132. The van der Waals surface area contributed by atoms with E-state index in [1.165, 1.54) is 20.8 Å². The highest BCUT2D eigenvalue weighted by molar-refractivity contribution is 8.14. The normalized spacial score (nSPS) is 23.4. The maximum Gasteiger partial charge on any atom is 0.406 e.